The lowest BCUT2D eigenvalue weighted by molar-refractivity contribution is -0.113. The molecule has 5 nitrogen and oxygen atoms in total. The fraction of sp³-hybridized carbons (Fsp3) is 0.125. The number of imide groups is 1. The van der Waals surface area contributed by atoms with Crippen LogP contribution < -0.4 is 14.4 Å². The fourth-order valence-corrected chi connectivity index (χ4v) is 5.33. The Morgan fingerprint density at radius 2 is 1.66 bits per heavy atom. The van der Waals surface area contributed by atoms with Crippen molar-refractivity contribution in [2.45, 2.75) is 20.0 Å². The third-order valence-electron chi connectivity index (χ3n) is 6.18. The summed E-state index contributed by atoms with van der Waals surface area (Å²) in [6.07, 6.45) is 4.10. The maximum absolute atomic E-state index is 13.1. The van der Waals surface area contributed by atoms with Crippen LogP contribution in [0.1, 0.15) is 23.6 Å². The number of ether oxygens (including phenoxy) is 2. The van der Waals surface area contributed by atoms with Gasteiger partial charge in [0.1, 0.15) is 6.61 Å². The first-order valence-corrected chi connectivity index (χ1v) is 13.2. The van der Waals surface area contributed by atoms with Crippen molar-refractivity contribution in [3.63, 3.8) is 0 Å². The molecule has 0 bridgehead atoms. The molecule has 0 aliphatic carbocycles. The molecule has 4 aromatic carbocycles. The van der Waals surface area contributed by atoms with Crippen LogP contribution >= 0.6 is 11.8 Å². The molecule has 190 valence electrons. The molecule has 5 rings (SSSR count). The van der Waals surface area contributed by atoms with E-state index in [2.05, 4.69) is 30.8 Å². The Balaban J connectivity index is 1.48. The van der Waals surface area contributed by atoms with Gasteiger partial charge >= 0.3 is 0 Å². The van der Waals surface area contributed by atoms with Gasteiger partial charge in [-0.1, -0.05) is 66.7 Å². The molecule has 0 radical (unpaired) electrons. The van der Waals surface area contributed by atoms with Crippen LogP contribution in [0.25, 0.3) is 16.8 Å². The van der Waals surface area contributed by atoms with Gasteiger partial charge in [0.25, 0.3) is 11.1 Å². The van der Waals surface area contributed by atoms with Gasteiger partial charge in [-0.15, -0.1) is 6.58 Å². The van der Waals surface area contributed by atoms with Crippen LogP contribution in [0.2, 0.25) is 0 Å². The number of thioether (sulfide) groups is 1. The number of rotatable bonds is 9. The number of benzene rings is 4. The number of allylic oxidation sites excluding steroid dienone is 1. The maximum Gasteiger partial charge on any atom is 0.298 e. The summed E-state index contributed by atoms with van der Waals surface area (Å²) in [4.78, 5) is 27.3. The largest absolute Gasteiger partial charge is 0.490 e. The van der Waals surface area contributed by atoms with E-state index < -0.39 is 0 Å². The zero-order valence-electron chi connectivity index (χ0n) is 21.1. The minimum Gasteiger partial charge on any atom is -0.490 e. The molecule has 1 fully saturated rings. The molecule has 1 aliphatic rings. The van der Waals surface area contributed by atoms with Crippen molar-refractivity contribution in [2.75, 3.05) is 11.5 Å². The second-order valence-electron chi connectivity index (χ2n) is 8.71. The Labute approximate surface area is 226 Å². The van der Waals surface area contributed by atoms with Crippen LogP contribution in [0.5, 0.6) is 11.5 Å². The zero-order chi connectivity index (χ0) is 26.5. The summed E-state index contributed by atoms with van der Waals surface area (Å²) in [6.45, 7) is 6.65. The van der Waals surface area contributed by atoms with Gasteiger partial charge in [0.05, 0.1) is 17.2 Å². The number of para-hydroxylation sites is 1. The third-order valence-corrected chi connectivity index (χ3v) is 7.05. The highest BCUT2D eigenvalue weighted by molar-refractivity contribution is 8.19. The molecular weight excluding hydrogens is 494 g/mol. The van der Waals surface area contributed by atoms with Crippen molar-refractivity contribution >= 4 is 45.4 Å². The number of nitrogens with zero attached hydrogens (tertiary/aromatic N) is 1. The zero-order valence-corrected chi connectivity index (χ0v) is 21.9. The van der Waals surface area contributed by atoms with Gasteiger partial charge in [-0.05, 0) is 77.3 Å². The second kappa shape index (κ2) is 11.4. The minimum atomic E-state index is -0.342. The van der Waals surface area contributed by atoms with Crippen molar-refractivity contribution in [3.8, 4) is 11.5 Å². The second-order valence-corrected chi connectivity index (χ2v) is 9.71. The normalized spacial score (nSPS) is 14.3. The lowest BCUT2D eigenvalue weighted by Crippen LogP contribution is -2.27. The summed E-state index contributed by atoms with van der Waals surface area (Å²) in [5.41, 5.74) is 3.27. The van der Waals surface area contributed by atoms with Gasteiger partial charge in [-0.3, -0.25) is 9.59 Å². The Kier molecular flexibility index (Phi) is 7.61. The summed E-state index contributed by atoms with van der Waals surface area (Å²) < 4.78 is 12.4. The number of anilines is 1. The first-order chi connectivity index (χ1) is 18.6. The smallest absolute Gasteiger partial charge is 0.298 e. The molecule has 2 amide bonds. The number of carbonyl (C=O) groups excluding carboxylic acids is 2. The van der Waals surface area contributed by atoms with Crippen LogP contribution in [0.3, 0.4) is 0 Å². The molecule has 1 saturated heterocycles. The van der Waals surface area contributed by atoms with E-state index in [9.17, 15) is 9.59 Å². The average Bonchev–Trinajstić information content (AvgIpc) is 3.21. The SMILES string of the molecule is C=CCc1cc(/C=C2\SC(=O)N(c3ccccc3)C2=O)cc(OCC)c1OCc1cccc2ccccc12. The van der Waals surface area contributed by atoms with E-state index in [1.54, 1.807) is 30.3 Å². The van der Waals surface area contributed by atoms with Crippen molar-refractivity contribution in [2.24, 2.45) is 0 Å². The molecule has 6 heteroatoms. The summed E-state index contributed by atoms with van der Waals surface area (Å²) in [5.74, 6) is 0.889. The highest BCUT2D eigenvalue weighted by Crippen LogP contribution is 2.39. The van der Waals surface area contributed by atoms with E-state index in [0.717, 1.165) is 39.2 Å². The van der Waals surface area contributed by atoms with Gasteiger partial charge < -0.3 is 9.47 Å². The highest BCUT2D eigenvalue weighted by Gasteiger charge is 2.36. The number of carbonyl (C=O) groups is 2. The Bertz CT molecular complexity index is 1540. The van der Waals surface area contributed by atoms with Gasteiger partial charge in [0, 0.05) is 5.56 Å². The van der Waals surface area contributed by atoms with Crippen molar-refractivity contribution < 1.29 is 19.1 Å². The fourth-order valence-electron chi connectivity index (χ4n) is 4.49. The quantitative estimate of drug-likeness (QED) is 0.166. The van der Waals surface area contributed by atoms with Crippen LogP contribution in [-0.4, -0.2) is 17.8 Å². The molecule has 1 heterocycles. The molecular formula is C32H27NO4S. The van der Waals surface area contributed by atoms with Crippen LogP contribution in [0.4, 0.5) is 10.5 Å². The number of fused-ring (bicyclic) bond motifs is 1. The maximum atomic E-state index is 13.1. The van der Waals surface area contributed by atoms with Crippen LogP contribution in [0.15, 0.2) is 102 Å². The Morgan fingerprint density at radius 1 is 0.895 bits per heavy atom. The van der Waals surface area contributed by atoms with Crippen molar-refractivity contribution in [1.29, 1.82) is 0 Å². The van der Waals surface area contributed by atoms with E-state index >= 15 is 0 Å². The molecule has 38 heavy (non-hydrogen) atoms. The molecule has 4 aromatic rings. The number of hydrogen-bond donors (Lipinski definition) is 0. The van der Waals surface area contributed by atoms with E-state index in [4.69, 9.17) is 9.47 Å². The summed E-state index contributed by atoms with van der Waals surface area (Å²) in [6, 6.07) is 27.1. The Morgan fingerprint density at radius 3 is 2.45 bits per heavy atom. The lowest BCUT2D eigenvalue weighted by atomic mass is 10.0. The summed E-state index contributed by atoms with van der Waals surface area (Å²) >= 11 is 0.929. The highest BCUT2D eigenvalue weighted by atomic mass is 32.2. The first kappa shape index (κ1) is 25.4. The lowest BCUT2D eigenvalue weighted by Gasteiger charge is -2.17. The summed E-state index contributed by atoms with van der Waals surface area (Å²) in [5, 5.41) is 1.98. The van der Waals surface area contributed by atoms with Gasteiger partial charge in [0.15, 0.2) is 11.5 Å². The third kappa shape index (κ3) is 5.22. The number of amides is 2. The standard InChI is InChI=1S/C32H27NO4S/c1-3-11-24-18-22(20-29-31(34)33(32(35)38-29)26-15-6-5-7-16-26)19-28(36-4-2)30(24)37-21-25-14-10-13-23-12-8-9-17-27(23)25/h3,5-10,12-20H,1,4,11,21H2,2H3/b29-20-. The van der Waals surface area contributed by atoms with E-state index in [0.29, 0.717) is 41.7 Å². The molecule has 0 saturated carbocycles. The molecule has 1 aliphatic heterocycles. The van der Waals surface area contributed by atoms with Gasteiger partial charge in [-0.25, -0.2) is 4.90 Å². The van der Waals surface area contributed by atoms with E-state index in [-0.39, 0.29) is 11.1 Å². The molecule has 0 N–H and O–H groups in total. The van der Waals surface area contributed by atoms with E-state index in [1.165, 1.54) is 4.90 Å². The predicted octanol–water partition coefficient (Wildman–Crippen LogP) is 7.79. The molecule has 0 aromatic heterocycles. The first-order valence-electron chi connectivity index (χ1n) is 12.4. The monoisotopic (exact) mass is 521 g/mol. The molecule has 0 atom stereocenters. The van der Waals surface area contributed by atoms with E-state index in [1.807, 2.05) is 49.4 Å². The summed E-state index contributed by atoms with van der Waals surface area (Å²) in [7, 11) is 0. The van der Waals surface area contributed by atoms with Crippen molar-refractivity contribution in [1.82, 2.24) is 0 Å². The topological polar surface area (TPSA) is 55.8 Å². The van der Waals surface area contributed by atoms with Crippen LogP contribution in [-0.2, 0) is 17.8 Å². The Hall–Kier alpha value is -4.29. The van der Waals surface area contributed by atoms with Crippen molar-refractivity contribution in [3.05, 3.63) is 119 Å². The molecule has 0 spiro atoms. The van der Waals surface area contributed by atoms with Crippen LogP contribution in [0, 0.1) is 0 Å². The van der Waals surface area contributed by atoms with Gasteiger partial charge in [0.2, 0.25) is 0 Å². The molecule has 0 unspecified atom stereocenters. The van der Waals surface area contributed by atoms with Gasteiger partial charge in [-0.2, -0.15) is 0 Å². The average molecular weight is 522 g/mol. The minimum absolute atomic E-state index is 0.321. The predicted molar refractivity (Wildman–Crippen MR) is 155 cm³/mol. The number of hydrogen-bond acceptors (Lipinski definition) is 5.